The van der Waals surface area contributed by atoms with Gasteiger partial charge in [-0.15, -0.1) is 0 Å². The van der Waals surface area contributed by atoms with Gasteiger partial charge in [-0.3, -0.25) is 0 Å². The Morgan fingerprint density at radius 2 is 1.50 bits per heavy atom. The van der Waals surface area contributed by atoms with E-state index in [0.29, 0.717) is 0 Å². The topological polar surface area (TPSA) is 116 Å². The molecule has 0 aliphatic heterocycles. The van der Waals surface area contributed by atoms with Crippen molar-refractivity contribution in [1.29, 1.82) is 0 Å². The molecule has 12 heteroatoms. The van der Waals surface area contributed by atoms with Gasteiger partial charge in [0.25, 0.3) is 0 Å². The van der Waals surface area contributed by atoms with Crippen molar-refractivity contribution in [3.8, 4) is 0 Å². The Morgan fingerprint density at radius 3 is 1.75 bits per heavy atom. The summed E-state index contributed by atoms with van der Waals surface area (Å²) in [4.78, 5) is 39.2. The van der Waals surface area contributed by atoms with E-state index < -0.39 is 13.4 Å². The SMILES string of the molecule is O=[C-]O[CH]C(O[C-]=O)P(=O)([O-])[O-].[Na+].[Na+].[Na+].[Na+]. The Bertz CT molecular complexity index is 209. The van der Waals surface area contributed by atoms with E-state index >= 15 is 0 Å². The van der Waals surface area contributed by atoms with Crippen molar-refractivity contribution in [3.63, 3.8) is 0 Å². The first-order chi connectivity index (χ1) is 5.52. The summed E-state index contributed by atoms with van der Waals surface area (Å²) in [6.45, 7) is 1.76. The second-order valence-electron chi connectivity index (χ2n) is 1.47. The summed E-state index contributed by atoms with van der Waals surface area (Å²) in [7, 11) is -5.17. The molecule has 0 spiro atoms. The number of rotatable bonds is 6. The van der Waals surface area contributed by atoms with E-state index in [-0.39, 0.29) is 125 Å². The third-order valence-electron chi connectivity index (χ3n) is 0.713. The van der Waals surface area contributed by atoms with Gasteiger partial charge in [0, 0.05) is 0 Å². The van der Waals surface area contributed by atoms with Gasteiger partial charge in [0.15, 0.2) is 0 Å². The van der Waals surface area contributed by atoms with Crippen LogP contribution in [0.15, 0.2) is 0 Å². The monoisotopic (exact) mass is 285 g/mol. The van der Waals surface area contributed by atoms with Crippen molar-refractivity contribution in [3.05, 3.63) is 6.61 Å². The maximum Gasteiger partial charge on any atom is 1.00 e. The zero-order chi connectivity index (χ0) is 9.61. The Kier molecular flexibility index (Phi) is 35.6. The molecule has 1 radical (unpaired) electrons. The van der Waals surface area contributed by atoms with Gasteiger partial charge in [-0.2, -0.15) is 0 Å². The first kappa shape index (κ1) is 31.5. The molecular formula is C4H2Na4O7P. The van der Waals surface area contributed by atoms with E-state index in [2.05, 4.69) is 9.47 Å². The van der Waals surface area contributed by atoms with Crippen molar-refractivity contribution >= 4 is 20.5 Å². The van der Waals surface area contributed by atoms with Crippen LogP contribution in [0.2, 0.25) is 0 Å². The molecule has 0 aromatic carbocycles. The van der Waals surface area contributed by atoms with E-state index in [1.165, 1.54) is 0 Å². The Labute approximate surface area is 181 Å². The van der Waals surface area contributed by atoms with Gasteiger partial charge in [-0.05, 0) is 7.60 Å². The maximum absolute atomic E-state index is 10.2. The van der Waals surface area contributed by atoms with Crippen molar-refractivity contribution < 1.29 is 152 Å². The zero-order valence-corrected chi connectivity index (χ0v) is 18.4. The smallest absolute Gasteiger partial charge is 0.808 e. The van der Waals surface area contributed by atoms with Crippen molar-refractivity contribution in [2.75, 3.05) is 0 Å². The summed E-state index contributed by atoms with van der Waals surface area (Å²) in [6.07, 6.45) is 0. The van der Waals surface area contributed by atoms with E-state index in [4.69, 9.17) is 0 Å². The summed E-state index contributed by atoms with van der Waals surface area (Å²) in [5.41, 5.74) is 0. The molecule has 0 heterocycles. The van der Waals surface area contributed by atoms with Crippen LogP contribution in [0.1, 0.15) is 0 Å². The Hall–Kier alpha value is 3.09. The fourth-order valence-corrected chi connectivity index (χ4v) is 0.684. The molecule has 69 valence electrons. The summed E-state index contributed by atoms with van der Waals surface area (Å²) < 4.78 is 17.5. The average molecular weight is 285 g/mol. The normalized spacial score (nSPS) is 9.88. The molecule has 0 aliphatic rings. The predicted octanol–water partition coefficient (Wildman–Crippen LogP) is -14.4. The maximum atomic E-state index is 10.2. The van der Waals surface area contributed by atoms with Gasteiger partial charge >= 0.3 is 118 Å². The molecule has 0 N–H and O–H groups in total. The van der Waals surface area contributed by atoms with Crippen LogP contribution in [0.5, 0.6) is 0 Å². The predicted molar refractivity (Wildman–Crippen MR) is 29.3 cm³/mol. The van der Waals surface area contributed by atoms with Crippen molar-refractivity contribution in [1.82, 2.24) is 0 Å². The molecule has 0 aromatic heterocycles. The van der Waals surface area contributed by atoms with Crippen LogP contribution in [-0.2, 0) is 23.6 Å². The molecule has 0 saturated heterocycles. The van der Waals surface area contributed by atoms with Crippen LogP contribution in [0, 0.1) is 6.61 Å². The minimum atomic E-state index is -5.17. The van der Waals surface area contributed by atoms with Crippen LogP contribution in [0.25, 0.3) is 0 Å². The van der Waals surface area contributed by atoms with Crippen molar-refractivity contribution in [2.24, 2.45) is 0 Å². The number of carbonyl (C=O) groups excluding carboxylic acids is 2. The molecule has 16 heavy (non-hydrogen) atoms. The fraction of sp³-hybridized carbons (Fsp3) is 0.250. The van der Waals surface area contributed by atoms with Crippen LogP contribution in [0.3, 0.4) is 0 Å². The van der Waals surface area contributed by atoms with Crippen LogP contribution in [-0.4, -0.2) is 18.8 Å². The first-order valence-corrected chi connectivity index (χ1v) is 4.04. The molecule has 1 unspecified atom stereocenters. The molecule has 7 nitrogen and oxygen atoms in total. The van der Waals surface area contributed by atoms with Crippen LogP contribution >= 0.6 is 7.60 Å². The number of hydrogen-bond acceptors (Lipinski definition) is 7. The van der Waals surface area contributed by atoms with Gasteiger partial charge in [-0.1, -0.05) is 12.9 Å². The van der Waals surface area contributed by atoms with Gasteiger partial charge in [-0.25, -0.2) is 0 Å². The third kappa shape index (κ3) is 17.1. The molecule has 0 aliphatic carbocycles. The van der Waals surface area contributed by atoms with Crippen LogP contribution < -0.4 is 128 Å². The third-order valence-corrected chi connectivity index (χ3v) is 1.56. The Morgan fingerprint density at radius 1 is 1.06 bits per heavy atom. The second-order valence-corrected chi connectivity index (χ2v) is 3.06. The first-order valence-electron chi connectivity index (χ1n) is 2.43. The van der Waals surface area contributed by atoms with E-state index in [0.717, 1.165) is 12.9 Å². The summed E-state index contributed by atoms with van der Waals surface area (Å²) in [6, 6.07) is 0. The van der Waals surface area contributed by atoms with E-state index in [1.54, 1.807) is 0 Å². The van der Waals surface area contributed by atoms with Crippen molar-refractivity contribution in [2.45, 2.75) is 5.85 Å². The van der Waals surface area contributed by atoms with Gasteiger partial charge in [0.2, 0.25) is 0 Å². The molecule has 0 bridgehead atoms. The standard InChI is InChI=1S/C4H4O7P.4Na/c5-2-10-1-4(11-3-6)12(7,8)9;;;;/h1,4H,(H2,7,8,9);;;;/q-2;4*+1/p-2. The number of hydrogen-bond donors (Lipinski definition) is 0. The van der Waals surface area contributed by atoms with E-state index in [1.807, 2.05) is 0 Å². The quantitative estimate of drug-likeness (QED) is 0.270. The molecular weight excluding hydrogens is 283 g/mol. The van der Waals surface area contributed by atoms with Crippen LogP contribution in [0.4, 0.5) is 0 Å². The van der Waals surface area contributed by atoms with Gasteiger partial charge in [0.05, 0.1) is 0 Å². The Balaban J connectivity index is -0.000000101. The molecule has 0 saturated carbocycles. The summed E-state index contributed by atoms with van der Waals surface area (Å²) in [5.74, 6) is -2.16. The zero-order valence-electron chi connectivity index (χ0n) is 9.46. The second kappa shape index (κ2) is 18.1. The molecule has 0 rings (SSSR count). The minimum absolute atomic E-state index is 0. The van der Waals surface area contributed by atoms with Gasteiger partial charge < -0.3 is 33.4 Å². The molecule has 0 fully saturated rings. The molecule has 0 amide bonds. The average Bonchev–Trinajstić information content (AvgIpc) is 1.95. The minimum Gasteiger partial charge on any atom is -0.808 e. The molecule has 1 atom stereocenters. The van der Waals surface area contributed by atoms with Gasteiger partial charge in [0.1, 0.15) is 12.5 Å². The molecule has 0 aromatic rings. The number of ether oxygens (including phenoxy) is 2. The summed E-state index contributed by atoms with van der Waals surface area (Å²) in [5, 5.41) is 0. The summed E-state index contributed by atoms with van der Waals surface area (Å²) >= 11 is 0. The van der Waals surface area contributed by atoms with E-state index in [9.17, 15) is 23.9 Å². The largest absolute Gasteiger partial charge is 1.00 e. The fourth-order valence-electron chi connectivity index (χ4n) is 0.302.